The number of amides is 1. The number of nitrogens with one attached hydrogen (secondary N) is 1. The third-order valence-electron chi connectivity index (χ3n) is 4.55. The highest BCUT2D eigenvalue weighted by Gasteiger charge is 2.54. The van der Waals surface area contributed by atoms with Crippen molar-refractivity contribution in [2.75, 3.05) is 16.8 Å². The molecule has 0 unspecified atom stereocenters. The van der Waals surface area contributed by atoms with Gasteiger partial charge in [-0.3, -0.25) is 19.8 Å². The molecule has 1 heterocycles. The van der Waals surface area contributed by atoms with Gasteiger partial charge in [-0.1, -0.05) is 18.2 Å². The molecule has 9 heteroatoms. The zero-order valence-electron chi connectivity index (χ0n) is 15.7. The quantitative estimate of drug-likeness (QED) is 0.398. The first kappa shape index (κ1) is 20.5. The minimum Gasteiger partial charge on any atom is -0.464 e. The maximum atomic E-state index is 13.3. The van der Waals surface area contributed by atoms with E-state index in [2.05, 4.69) is 21.2 Å². The predicted octanol–water partition coefficient (Wildman–Crippen LogP) is 3.98. The maximum absolute atomic E-state index is 13.3. The molecule has 0 saturated heterocycles. The molecule has 2 aromatic rings. The molecular formula is C20H18BrN3O5. The van der Waals surface area contributed by atoms with Crippen molar-refractivity contribution in [3.8, 4) is 0 Å². The van der Waals surface area contributed by atoms with E-state index in [0.29, 0.717) is 15.9 Å². The molecule has 0 bridgehead atoms. The molecule has 0 fully saturated rings. The van der Waals surface area contributed by atoms with E-state index in [9.17, 15) is 19.7 Å². The molecule has 0 spiro atoms. The number of halogens is 1. The van der Waals surface area contributed by atoms with Crippen molar-refractivity contribution in [2.24, 2.45) is 0 Å². The van der Waals surface area contributed by atoms with Crippen molar-refractivity contribution in [2.45, 2.75) is 19.4 Å². The summed E-state index contributed by atoms with van der Waals surface area (Å²) in [4.78, 5) is 37.8. The third kappa shape index (κ3) is 3.61. The number of hydrogen-bond donors (Lipinski definition) is 1. The first-order valence-electron chi connectivity index (χ1n) is 8.79. The number of rotatable bonds is 6. The molecule has 1 aliphatic rings. The van der Waals surface area contributed by atoms with Gasteiger partial charge in [0.2, 0.25) is 0 Å². The Bertz CT molecular complexity index is 991. The van der Waals surface area contributed by atoms with Crippen LogP contribution in [0.5, 0.6) is 0 Å². The normalized spacial score (nSPS) is 18.7. The van der Waals surface area contributed by atoms with Gasteiger partial charge in [-0.25, -0.2) is 4.79 Å². The summed E-state index contributed by atoms with van der Waals surface area (Å²) in [5, 5.41) is 13.8. The lowest BCUT2D eigenvalue weighted by atomic mass is 10.0. The van der Waals surface area contributed by atoms with Gasteiger partial charge in [-0.15, -0.1) is 0 Å². The number of non-ortho nitro benzene ring substituents is 1. The number of benzene rings is 2. The number of nitrogens with zero attached hydrogens (tertiary/aromatic N) is 2. The van der Waals surface area contributed by atoms with Crippen molar-refractivity contribution in [3.05, 3.63) is 74.9 Å². The van der Waals surface area contributed by atoms with Crippen LogP contribution in [0.3, 0.4) is 0 Å². The van der Waals surface area contributed by atoms with Crippen LogP contribution in [0.1, 0.15) is 13.8 Å². The lowest BCUT2D eigenvalue weighted by molar-refractivity contribution is -0.384. The molecule has 0 aliphatic carbocycles. The molecule has 0 saturated carbocycles. The van der Waals surface area contributed by atoms with Crippen LogP contribution in [0.15, 0.2) is 64.8 Å². The number of ether oxygens (including phenoxy) is 1. The average molecular weight is 460 g/mol. The van der Waals surface area contributed by atoms with Crippen LogP contribution in [0.4, 0.5) is 17.1 Å². The highest BCUT2D eigenvalue weighted by Crippen LogP contribution is 2.43. The molecule has 0 radical (unpaired) electrons. The molecule has 1 atom stereocenters. The van der Waals surface area contributed by atoms with Gasteiger partial charge < -0.3 is 10.1 Å². The maximum Gasteiger partial charge on any atom is 0.337 e. The van der Waals surface area contributed by atoms with E-state index in [1.165, 1.54) is 29.2 Å². The standard InChI is InChI=1S/C20H18BrN3O5/c1-3-29-19(26)20(2)17(21)16(18(25)23(20)14-7-5-4-6-8-14)22-13-9-11-15(12-10-13)24(27)28/h4-12,22H,3H2,1-2H3/t20-/m0/s1. The fraction of sp³-hybridized carbons (Fsp3) is 0.200. The number of carbonyl (C=O) groups excluding carboxylic acids is 2. The number of esters is 1. The molecule has 2 aromatic carbocycles. The Kier molecular flexibility index (Phi) is 5.69. The molecule has 1 N–H and O–H groups in total. The topological polar surface area (TPSA) is 102 Å². The van der Waals surface area contributed by atoms with Crippen LogP contribution in [0.2, 0.25) is 0 Å². The molecule has 3 rings (SSSR count). The summed E-state index contributed by atoms with van der Waals surface area (Å²) in [6, 6.07) is 14.4. The minimum absolute atomic E-state index is 0.0661. The van der Waals surface area contributed by atoms with Gasteiger partial charge in [0, 0.05) is 23.5 Å². The molecular weight excluding hydrogens is 442 g/mol. The summed E-state index contributed by atoms with van der Waals surface area (Å²) in [6.45, 7) is 3.46. The summed E-state index contributed by atoms with van der Waals surface area (Å²) >= 11 is 3.42. The van der Waals surface area contributed by atoms with Crippen LogP contribution in [-0.4, -0.2) is 28.9 Å². The number of nitro benzene ring substituents is 1. The first-order chi connectivity index (χ1) is 13.8. The van der Waals surface area contributed by atoms with Gasteiger partial charge >= 0.3 is 5.97 Å². The van der Waals surface area contributed by atoms with E-state index in [1.807, 2.05) is 6.07 Å². The van der Waals surface area contributed by atoms with Crippen molar-refractivity contribution >= 4 is 44.9 Å². The Morgan fingerprint density at radius 3 is 2.38 bits per heavy atom. The molecule has 150 valence electrons. The largest absolute Gasteiger partial charge is 0.464 e. The third-order valence-corrected chi connectivity index (χ3v) is 5.71. The van der Waals surface area contributed by atoms with Gasteiger partial charge in [0.05, 0.1) is 16.0 Å². The lowest BCUT2D eigenvalue weighted by Crippen LogP contribution is -2.52. The summed E-state index contributed by atoms with van der Waals surface area (Å²) < 4.78 is 5.56. The summed E-state index contributed by atoms with van der Waals surface area (Å²) in [5.41, 5.74) is -0.318. The number of nitro groups is 1. The van der Waals surface area contributed by atoms with Gasteiger partial charge in [-0.05, 0) is 54.0 Å². The summed E-state index contributed by atoms with van der Waals surface area (Å²) in [6.07, 6.45) is 0. The van der Waals surface area contributed by atoms with Crippen LogP contribution in [-0.2, 0) is 14.3 Å². The second kappa shape index (κ2) is 8.04. The summed E-state index contributed by atoms with van der Waals surface area (Å²) in [5.74, 6) is -1.01. The molecule has 29 heavy (non-hydrogen) atoms. The second-order valence-corrected chi connectivity index (χ2v) is 7.18. The molecule has 0 aromatic heterocycles. The van der Waals surface area contributed by atoms with Crippen molar-refractivity contribution in [3.63, 3.8) is 0 Å². The molecule has 1 aliphatic heterocycles. The zero-order valence-corrected chi connectivity index (χ0v) is 17.3. The van der Waals surface area contributed by atoms with Gasteiger partial charge in [0.25, 0.3) is 11.6 Å². The number of hydrogen-bond acceptors (Lipinski definition) is 6. The first-order valence-corrected chi connectivity index (χ1v) is 9.58. The van der Waals surface area contributed by atoms with Crippen LogP contribution >= 0.6 is 15.9 Å². The summed E-state index contributed by atoms with van der Waals surface area (Å²) in [7, 11) is 0. The Labute approximate surface area is 175 Å². The van der Waals surface area contributed by atoms with E-state index >= 15 is 0 Å². The Morgan fingerprint density at radius 1 is 1.21 bits per heavy atom. The van der Waals surface area contributed by atoms with E-state index < -0.39 is 22.3 Å². The Hall–Kier alpha value is -3.20. The highest BCUT2D eigenvalue weighted by molar-refractivity contribution is 9.11. The van der Waals surface area contributed by atoms with Crippen LogP contribution < -0.4 is 10.2 Å². The molecule has 1 amide bonds. The highest BCUT2D eigenvalue weighted by atomic mass is 79.9. The minimum atomic E-state index is -1.41. The van der Waals surface area contributed by atoms with E-state index in [1.54, 1.807) is 38.1 Å². The Morgan fingerprint density at radius 2 is 1.83 bits per heavy atom. The van der Waals surface area contributed by atoms with Gasteiger partial charge in [0.1, 0.15) is 5.70 Å². The predicted molar refractivity (Wildman–Crippen MR) is 112 cm³/mol. The van der Waals surface area contributed by atoms with Crippen LogP contribution in [0.25, 0.3) is 0 Å². The fourth-order valence-electron chi connectivity index (χ4n) is 3.07. The van der Waals surface area contributed by atoms with Gasteiger partial charge in [-0.2, -0.15) is 0 Å². The van der Waals surface area contributed by atoms with Crippen molar-refractivity contribution < 1.29 is 19.2 Å². The van der Waals surface area contributed by atoms with E-state index in [4.69, 9.17) is 4.74 Å². The van der Waals surface area contributed by atoms with Crippen molar-refractivity contribution in [1.29, 1.82) is 0 Å². The van der Waals surface area contributed by atoms with Crippen LogP contribution in [0, 0.1) is 10.1 Å². The molecule has 8 nitrogen and oxygen atoms in total. The SMILES string of the molecule is CCOC(=O)[C@]1(C)C(Br)=C(Nc2ccc([N+](=O)[O-])cc2)C(=O)N1c1ccccc1. The number of carbonyl (C=O) groups is 2. The average Bonchev–Trinajstić information content (AvgIpc) is 2.90. The lowest BCUT2D eigenvalue weighted by Gasteiger charge is -2.33. The van der Waals surface area contributed by atoms with Gasteiger partial charge in [0.15, 0.2) is 5.54 Å². The van der Waals surface area contributed by atoms with Crippen molar-refractivity contribution in [1.82, 2.24) is 0 Å². The number of para-hydroxylation sites is 1. The second-order valence-electron chi connectivity index (χ2n) is 6.39. The Balaban J connectivity index is 2.04. The van der Waals surface area contributed by atoms with E-state index in [0.717, 1.165) is 0 Å². The van der Waals surface area contributed by atoms with E-state index in [-0.39, 0.29) is 18.0 Å². The fourth-order valence-corrected chi connectivity index (χ4v) is 3.68. The zero-order chi connectivity index (χ0) is 21.2. The smallest absolute Gasteiger partial charge is 0.337 e. The monoisotopic (exact) mass is 459 g/mol. The number of anilines is 2.